The van der Waals surface area contributed by atoms with Gasteiger partial charge >= 0.3 is 0 Å². The molecule has 1 aromatic carbocycles. The molecule has 122 valence electrons. The van der Waals surface area contributed by atoms with Gasteiger partial charge < -0.3 is 19.7 Å². The van der Waals surface area contributed by atoms with Gasteiger partial charge in [-0.25, -0.2) is 0 Å². The summed E-state index contributed by atoms with van der Waals surface area (Å²) in [4.78, 5) is 14.0. The van der Waals surface area contributed by atoms with E-state index in [1.54, 1.807) is 0 Å². The zero-order valence-electron chi connectivity index (χ0n) is 13.7. The monoisotopic (exact) mass is 306 g/mol. The van der Waals surface area contributed by atoms with Gasteiger partial charge in [0, 0.05) is 19.6 Å². The second-order valence-corrected chi connectivity index (χ2v) is 5.98. The van der Waals surface area contributed by atoms with Crippen LogP contribution in [0, 0.1) is 13.8 Å². The number of carbonyl (C=O) groups excluding carboxylic acids is 1. The first-order chi connectivity index (χ1) is 10.5. The maximum atomic E-state index is 11.8. The van der Waals surface area contributed by atoms with E-state index in [4.69, 9.17) is 9.47 Å². The van der Waals surface area contributed by atoms with Crippen molar-refractivity contribution < 1.29 is 14.3 Å². The van der Waals surface area contributed by atoms with E-state index in [1.807, 2.05) is 26.0 Å². The molecule has 0 aliphatic carbocycles. The topological polar surface area (TPSA) is 50.8 Å². The summed E-state index contributed by atoms with van der Waals surface area (Å²) in [6.07, 6.45) is 0.443. The van der Waals surface area contributed by atoms with Crippen molar-refractivity contribution in [3.05, 3.63) is 29.3 Å². The summed E-state index contributed by atoms with van der Waals surface area (Å²) in [6, 6.07) is 6.06. The molecule has 1 saturated heterocycles. The lowest BCUT2D eigenvalue weighted by molar-refractivity contribution is -0.122. The van der Waals surface area contributed by atoms with Gasteiger partial charge in [0.2, 0.25) is 5.91 Å². The lowest BCUT2D eigenvalue weighted by Crippen LogP contribution is -2.46. The Hall–Kier alpha value is -1.59. The van der Waals surface area contributed by atoms with Crippen LogP contribution in [0.2, 0.25) is 0 Å². The zero-order chi connectivity index (χ0) is 15.9. The van der Waals surface area contributed by atoms with Crippen molar-refractivity contribution in [2.75, 3.05) is 39.9 Å². The van der Waals surface area contributed by atoms with Crippen LogP contribution in [0.15, 0.2) is 18.2 Å². The van der Waals surface area contributed by atoms with Crippen LogP contribution < -0.4 is 10.1 Å². The fourth-order valence-corrected chi connectivity index (χ4v) is 2.58. The molecule has 0 bridgehead atoms. The number of aryl methyl sites for hydroxylation is 2. The van der Waals surface area contributed by atoms with Gasteiger partial charge in [0.15, 0.2) is 0 Å². The highest BCUT2D eigenvalue weighted by Gasteiger charge is 2.18. The molecule has 2 rings (SSSR count). The third-order valence-electron chi connectivity index (χ3n) is 3.66. The Labute approximate surface area is 132 Å². The van der Waals surface area contributed by atoms with E-state index >= 15 is 0 Å². The summed E-state index contributed by atoms with van der Waals surface area (Å²) in [7, 11) is 2.06. The molecule has 0 saturated carbocycles. The lowest BCUT2D eigenvalue weighted by atomic mass is 10.1. The fraction of sp³-hybridized carbons (Fsp3) is 0.588. The summed E-state index contributed by atoms with van der Waals surface area (Å²) in [6.45, 7) is 7.56. The van der Waals surface area contributed by atoms with Gasteiger partial charge in [0.25, 0.3) is 0 Å². The normalized spacial score (nSPS) is 19.0. The number of benzene rings is 1. The number of amides is 1. The van der Waals surface area contributed by atoms with Gasteiger partial charge in [-0.3, -0.25) is 4.79 Å². The molecule has 0 spiro atoms. The van der Waals surface area contributed by atoms with Crippen LogP contribution in [-0.2, 0) is 9.53 Å². The minimum Gasteiger partial charge on any atom is -0.493 e. The number of nitrogens with one attached hydrogen (secondary N) is 1. The highest BCUT2D eigenvalue weighted by Crippen LogP contribution is 2.16. The van der Waals surface area contributed by atoms with Gasteiger partial charge in [-0.1, -0.05) is 6.07 Å². The standard InChI is InChI=1S/C17H26N2O3/c1-13-8-14(2)10-15(9-13)21-6-4-17(20)18-11-16-12-19(3)5-7-22-16/h8-10,16H,4-7,11-12H2,1-3H3,(H,18,20). The number of carbonyl (C=O) groups is 1. The van der Waals surface area contributed by atoms with Gasteiger partial charge in [0.05, 0.1) is 25.7 Å². The van der Waals surface area contributed by atoms with Gasteiger partial charge in [0.1, 0.15) is 5.75 Å². The van der Waals surface area contributed by atoms with E-state index in [0.717, 1.165) is 36.6 Å². The molecule has 1 amide bonds. The van der Waals surface area contributed by atoms with Crippen molar-refractivity contribution >= 4 is 5.91 Å². The minimum atomic E-state index is 0.00111. The molecule has 1 aliphatic heterocycles. The molecule has 0 aromatic heterocycles. The fourth-order valence-electron chi connectivity index (χ4n) is 2.58. The Morgan fingerprint density at radius 2 is 2.09 bits per heavy atom. The second-order valence-electron chi connectivity index (χ2n) is 5.98. The Bertz CT molecular complexity index is 484. The molecule has 5 heteroatoms. The molecule has 1 aromatic rings. The Kier molecular flexibility index (Phi) is 6.21. The first-order valence-electron chi connectivity index (χ1n) is 7.81. The highest BCUT2D eigenvalue weighted by atomic mass is 16.5. The molecule has 1 fully saturated rings. The van der Waals surface area contributed by atoms with Crippen molar-refractivity contribution in [2.45, 2.75) is 26.4 Å². The predicted molar refractivity (Wildman–Crippen MR) is 86.3 cm³/mol. The SMILES string of the molecule is Cc1cc(C)cc(OCCC(=O)NCC2CN(C)CCO2)c1. The smallest absolute Gasteiger partial charge is 0.223 e. The summed E-state index contributed by atoms with van der Waals surface area (Å²) in [5.41, 5.74) is 2.33. The molecule has 1 aliphatic rings. The number of rotatable bonds is 6. The van der Waals surface area contributed by atoms with E-state index < -0.39 is 0 Å². The summed E-state index contributed by atoms with van der Waals surface area (Å²) in [5, 5.41) is 2.91. The van der Waals surface area contributed by atoms with Crippen LogP contribution in [0.3, 0.4) is 0 Å². The average molecular weight is 306 g/mol. The maximum Gasteiger partial charge on any atom is 0.223 e. The summed E-state index contributed by atoms with van der Waals surface area (Å²) < 4.78 is 11.3. The van der Waals surface area contributed by atoms with E-state index in [-0.39, 0.29) is 12.0 Å². The maximum absolute atomic E-state index is 11.8. The Morgan fingerprint density at radius 1 is 1.36 bits per heavy atom. The average Bonchev–Trinajstić information content (AvgIpc) is 2.44. The molecular formula is C17H26N2O3. The van der Waals surface area contributed by atoms with Gasteiger partial charge in [-0.15, -0.1) is 0 Å². The van der Waals surface area contributed by atoms with Crippen LogP contribution in [0.25, 0.3) is 0 Å². The Balaban J connectivity index is 1.65. The predicted octanol–water partition coefficient (Wildman–Crippen LogP) is 1.52. The molecule has 22 heavy (non-hydrogen) atoms. The van der Waals surface area contributed by atoms with Crippen molar-refractivity contribution in [2.24, 2.45) is 0 Å². The van der Waals surface area contributed by atoms with Crippen molar-refractivity contribution in [3.63, 3.8) is 0 Å². The number of morpholine rings is 1. The van der Waals surface area contributed by atoms with Crippen molar-refractivity contribution in [1.82, 2.24) is 10.2 Å². The lowest BCUT2D eigenvalue weighted by Gasteiger charge is -2.30. The first-order valence-corrected chi connectivity index (χ1v) is 7.81. The van der Waals surface area contributed by atoms with E-state index in [9.17, 15) is 4.79 Å². The van der Waals surface area contributed by atoms with Crippen LogP contribution in [0.5, 0.6) is 5.75 Å². The highest BCUT2D eigenvalue weighted by molar-refractivity contribution is 5.76. The number of hydrogen-bond donors (Lipinski definition) is 1. The largest absolute Gasteiger partial charge is 0.493 e. The molecule has 0 radical (unpaired) electrons. The van der Waals surface area contributed by atoms with E-state index in [2.05, 4.69) is 23.3 Å². The van der Waals surface area contributed by atoms with Crippen molar-refractivity contribution in [1.29, 1.82) is 0 Å². The first kappa shape index (κ1) is 16.8. The third-order valence-corrected chi connectivity index (χ3v) is 3.66. The van der Waals surface area contributed by atoms with Crippen molar-refractivity contribution in [3.8, 4) is 5.75 Å². The molecule has 1 heterocycles. The van der Waals surface area contributed by atoms with Crippen LogP contribution in [0.4, 0.5) is 0 Å². The molecule has 5 nitrogen and oxygen atoms in total. The van der Waals surface area contributed by atoms with Crippen LogP contribution >= 0.6 is 0 Å². The quantitative estimate of drug-likeness (QED) is 0.866. The zero-order valence-corrected chi connectivity index (χ0v) is 13.7. The van der Waals surface area contributed by atoms with Crippen LogP contribution in [-0.4, -0.2) is 56.8 Å². The van der Waals surface area contributed by atoms with E-state index in [1.165, 1.54) is 0 Å². The molecule has 1 N–H and O–H groups in total. The molecular weight excluding hydrogens is 280 g/mol. The Morgan fingerprint density at radius 3 is 2.77 bits per heavy atom. The minimum absolute atomic E-state index is 0.00111. The van der Waals surface area contributed by atoms with Gasteiger partial charge in [-0.05, 0) is 44.2 Å². The number of ether oxygens (including phenoxy) is 2. The second kappa shape index (κ2) is 8.15. The van der Waals surface area contributed by atoms with E-state index in [0.29, 0.717) is 19.6 Å². The van der Waals surface area contributed by atoms with Gasteiger partial charge in [-0.2, -0.15) is 0 Å². The molecule has 1 atom stereocenters. The third kappa shape index (κ3) is 5.66. The number of likely N-dealkylation sites (N-methyl/N-ethyl adjacent to an activating group) is 1. The number of hydrogen-bond acceptors (Lipinski definition) is 4. The molecule has 1 unspecified atom stereocenters. The van der Waals surface area contributed by atoms with Crippen LogP contribution in [0.1, 0.15) is 17.5 Å². The number of nitrogens with zero attached hydrogens (tertiary/aromatic N) is 1. The summed E-state index contributed by atoms with van der Waals surface area (Å²) in [5.74, 6) is 0.823. The summed E-state index contributed by atoms with van der Waals surface area (Å²) >= 11 is 0.